The minimum absolute atomic E-state index is 0.0699. The number of hydrogen-bond acceptors (Lipinski definition) is 3. The molecule has 0 bridgehead atoms. The van der Waals surface area contributed by atoms with Gasteiger partial charge in [-0.05, 0) is 30.7 Å². The molecular formula is C16H14N2O2. The topological polar surface area (TPSA) is 55.1 Å². The van der Waals surface area contributed by atoms with Crippen molar-refractivity contribution < 1.29 is 9.21 Å². The lowest BCUT2D eigenvalue weighted by Gasteiger charge is -2.03. The van der Waals surface area contributed by atoms with Gasteiger partial charge in [0.2, 0.25) is 5.91 Å². The number of nitrogens with zero attached hydrogens (tertiary/aromatic N) is 1. The van der Waals surface area contributed by atoms with Gasteiger partial charge in [-0.25, -0.2) is 0 Å². The third-order valence-electron chi connectivity index (χ3n) is 3.13. The molecule has 1 aromatic carbocycles. The fourth-order valence-electron chi connectivity index (χ4n) is 2.14. The number of pyridine rings is 1. The third-order valence-corrected chi connectivity index (χ3v) is 3.13. The van der Waals surface area contributed by atoms with Gasteiger partial charge in [0.05, 0.1) is 12.7 Å². The fourth-order valence-corrected chi connectivity index (χ4v) is 2.14. The van der Waals surface area contributed by atoms with E-state index in [0.29, 0.717) is 6.42 Å². The highest BCUT2D eigenvalue weighted by atomic mass is 16.3. The zero-order valence-electron chi connectivity index (χ0n) is 11.1. The summed E-state index contributed by atoms with van der Waals surface area (Å²) in [4.78, 5) is 15.9. The van der Waals surface area contributed by atoms with E-state index in [0.717, 1.165) is 27.8 Å². The van der Waals surface area contributed by atoms with Crippen molar-refractivity contribution in [1.82, 2.24) is 4.98 Å². The molecular weight excluding hydrogens is 252 g/mol. The Labute approximate surface area is 116 Å². The zero-order chi connectivity index (χ0) is 13.9. The Morgan fingerprint density at radius 2 is 2.05 bits per heavy atom. The monoisotopic (exact) mass is 266 g/mol. The Hall–Kier alpha value is -2.62. The summed E-state index contributed by atoms with van der Waals surface area (Å²) in [6.07, 6.45) is 5.23. The largest absolute Gasteiger partial charge is 0.464 e. The van der Waals surface area contributed by atoms with E-state index in [9.17, 15) is 4.79 Å². The van der Waals surface area contributed by atoms with E-state index >= 15 is 0 Å². The average Bonchev–Trinajstić information content (AvgIpc) is 2.82. The first-order chi connectivity index (χ1) is 9.72. The second kappa shape index (κ2) is 5.17. The first-order valence-corrected chi connectivity index (χ1v) is 6.39. The van der Waals surface area contributed by atoms with Gasteiger partial charge in [0.25, 0.3) is 0 Å². The molecule has 0 saturated carbocycles. The number of carbonyl (C=O) groups is 1. The van der Waals surface area contributed by atoms with Crippen LogP contribution in [0.15, 0.2) is 53.4 Å². The smallest absolute Gasteiger partial charge is 0.228 e. The molecule has 20 heavy (non-hydrogen) atoms. The number of fused-ring (bicyclic) bond motifs is 1. The summed E-state index contributed by atoms with van der Waals surface area (Å²) >= 11 is 0. The summed E-state index contributed by atoms with van der Waals surface area (Å²) in [5.74, 6) is -0.0699. The van der Waals surface area contributed by atoms with Gasteiger partial charge in [-0.1, -0.05) is 12.1 Å². The van der Waals surface area contributed by atoms with Gasteiger partial charge in [0.1, 0.15) is 5.58 Å². The van der Waals surface area contributed by atoms with Gasteiger partial charge >= 0.3 is 0 Å². The third kappa shape index (κ3) is 2.54. The van der Waals surface area contributed by atoms with Crippen LogP contribution in [-0.4, -0.2) is 10.9 Å². The minimum atomic E-state index is -0.0699. The first-order valence-electron chi connectivity index (χ1n) is 6.39. The number of aromatic nitrogens is 1. The fraction of sp³-hybridized carbons (Fsp3) is 0.125. The lowest BCUT2D eigenvalue weighted by atomic mass is 10.1. The molecule has 0 saturated heterocycles. The van der Waals surface area contributed by atoms with Crippen LogP contribution in [0.5, 0.6) is 0 Å². The molecule has 4 nitrogen and oxygen atoms in total. The summed E-state index contributed by atoms with van der Waals surface area (Å²) in [7, 11) is 0. The number of nitrogens with one attached hydrogen (secondary N) is 1. The molecule has 2 aromatic heterocycles. The number of furan rings is 1. The number of aryl methyl sites for hydroxylation is 1. The normalized spacial score (nSPS) is 10.7. The number of benzene rings is 1. The van der Waals surface area contributed by atoms with Crippen LogP contribution in [0.2, 0.25) is 0 Å². The summed E-state index contributed by atoms with van der Waals surface area (Å²) < 4.78 is 5.49. The molecule has 4 heteroatoms. The van der Waals surface area contributed by atoms with E-state index in [2.05, 4.69) is 10.3 Å². The molecule has 1 N–H and O–H groups in total. The Morgan fingerprint density at radius 1 is 1.25 bits per heavy atom. The standard InChI is InChI=1S/C16H14N2O2/c1-11-2-3-14-12(10-20-15(14)8-11)9-16(19)18-13-4-6-17-7-5-13/h2-8,10H,9H2,1H3,(H,17,18,19). The number of rotatable bonds is 3. The molecule has 0 atom stereocenters. The van der Waals surface area contributed by atoms with Gasteiger partial charge in [0, 0.05) is 29.0 Å². The molecule has 0 aliphatic carbocycles. The van der Waals surface area contributed by atoms with Gasteiger partial charge in [-0.3, -0.25) is 9.78 Å². The van der Waals surface area contributed by atoms with Crippen LogP contribution < -0.4 is 5.32 Å². The van der Waals surface area contributed by atoms with Crippen LogP contribution >= 0.6 is 0 Å². The van der Waals surface area contributed by atoms with Crippen molar-refractivity contribution in [2.45, 2.75) is 13.3 Å². The molecule has 3 aromatic rings. The summed E-state index contributed by atoms with van der Waals surface area (Å²) in [6, 6.07) is 9.49. The second-order valence-electron chi connectivity index (χ2n) is 4.72. The van der Waals surface area contributed by atoms with E-state index in [1.165, 1.54) is 0 Å². The van der Waals surface area contributed by atoms with Gasteiger partial charge in [-0.15, -0.1) is 0 Å². The molecule has 0 radical (unpaired) electrons. The lowest BCUT2D eigenvalue weighted by Crippen LogP contribution is -2.14. The first kappa shape index (κ1) is 12.4. The Balaban J connectivity index is 1.78. The van der Waals surface area contributed by atoms with Gasteiger partial charge < -0.3 is 9.73 Å². The van der Waals surface area contributed by atoms with Crippen LogP contribution in [0, 0.1) is 6.92 Å². The molecule has 0 aliphatic heterocycles. The SMILES string of the molecule is Cc1ccc2c(CC(=O)Nc3ccncc3)coc2c1. The molecule has 0 fully saturated rings. The van der Waals surface area contributed by atoms with Crippen LogP contribution in [0.4, 0.5) is 5.69 Å². The average molecular weight is 266 g/mol. The van der Waals surface area contributed by atoms with Crippen LogP contribution in [0.3, 0.4) is 0 Å². The van der Waals surface area contributed by atoms with Crippen molar-refractivity contribution in [2.24, 2.45) is 0 Å². The predicted octanol–water partition coefficient (Wildman–Crippen LogP) is 3.32. The summed E-state index contributed by atoms with van der Waals surface area (Å²) in [5.41, 5.74) is 3.59. The lowest BCUT2D eigenvalue weighted by molar-refractivity contribution is -0.115. The van der Waals surface area contributed by atoms with E-state index in [1.54, 1.807) is 30.8 Å². The highest BCUT2D eigenvalue weighted by Gasteiger charge is 2.10. The van der Waals surface area contributed by atoms with Crippen molar-refractivity contribution in [3.63, 3.8) is 0 Å². The molecule has 2 heterocycles. The Morgan fingerprint density at radius 3 is 2.85 bits per heavy atom. The van der Waals surface area contributed by atoms with Crippen molar-refractivity contribution in [2.75, 3.05) is 5.32 Å². The minimum Gasteiger partial charge on any atom is -0.464 e. The maximum atomic E-state index is 12.0. The molecule has 100 valence electrons. The number of carbonyl (C=O) groups excluding carboxylic acids is 1. The van der Waals surface area contributed by atoms with Crippen LogP contribution in [0.1, 0.15) is 11.1 Å². The van der Waals surface area contributed by atoms with Crippen molar-refractivity contribution in [3.05, 3.63) is 60.1 Å². The molecule has 0 aliphatic rings. The van der Waals surface area contributed by atoms with E-state index in [1.807, 2.05) is 25.1 Å². The molecule has 0 spiro atoms. The maximum absolute atomic E-state index is 12.0. The Kier molecular flexibility index (Phi) is 3.21. The molecule has 3 rings (SSSR count). The van der Waals surface area contributed by atoms with Crippen LogP contribution in [0.25, 0.3) is 11.0 Å². The highest BCUT2D eigenvalue weighted by Crippen LogP contribution is 2.23. The zero-order valence-corrected chi connectivity index (χ0v) is 11.1. The molecule has 1 amide bonds. The van der Waals surface area contributed by atoms with Crippen molar-refractivity contribution >= 4 is 22.6 Å². The number of amides is 1. The quantitative estimate of drug-likeness (QED) is 0.791. The van der Waals surface area contributed by atoms with E-state index < -0.39 is 0 Å². The maximum Gasteiger partial charge on any atom is 0.228 e. The van der Waals surface area contributed by atoms with Gasteiger partial charge in [-0.2, -0.15) is 0 Å². The van der Waals surface area contributed by atoms with Crippen LogP contribution in [-0.2, 0) is 11.2 Å². The summed E-state index contributed by atoms with van der Waals surface area (Å²) in [5, 5.41) is 3.82. The highest BCUT2D eigenvalue weighted by molar-refractivity contribution is 5.95. The second-order valence-corrected chi connectivity index (χ2v) is 4.72. The molecule has 0 unspecified atom stereocenters. The number of anilines is 1. The van der Waals surface area contributed by atoms with E-state index in [4.69, 9.17) is 4.42 Å². The Bertz CT molecular complexity index is 748. The van der Waals surface area contributed by atoms with Gasteiger partial charge in [0.15, 0.2) is 0 Å². The van der Waals surface area contributed by atoms with Crippen molar-refractivity contribution in [1.29, 1.82) is 0 Å². The van der Waals surface area contributed by atoms with Crippen molar-refractivity contribution in [3.8, 4) is 0 Å². The van der Waals surface area contributed by atoms with E-state index in [-0.39, 0.29) is 5.91 Å². The number of hydrogen-bond donors (Lipinski definition) is 1. The predicted molar refractivity (Wildman–Crippen MR) is 77.5 cm³/mol. The summed E-state index contributed by atoms with van der Waals surface area (Å²) in [6.45, 7) is 2.01.